The molecular weight excluding hydrogens is 304 g/mol. The van der Waals surface area contributed by atoms with Crippen LogP contribution < -0.4 is 0 Å². The highest BCUT2D eigenvalue weighted by Gasteiger charge is 2.53. The van der Waals surface area contributed by atoms with Crippen molar-refractivity contribution in [3.05, 3.63) is 12.2 Å². The van der Waals surface area contributed by atoms with Gasteiger partial charge in [0.2, 0.25) is 0 Å². The molecule has 0 saturated carbocycles. The number of methoxy groups -OCH3 is 1. The van der Waals surface area contributed by atoms with Crippen LogP contribution in [-0.2, 0) is 28.5 Å². The van der Waals surface area contributed by atoms with E-state index >= 15 is 0 Å². The van der Waals surface area contributed by atoms with E-state index in [1.165, 1.54) is 7.11 Å². The average Bonchev–Trinajstić information content (AvgIpc) is 3.08. The van der Waals surface area contributed by atoms with Gasteiger partial charge >= 0.3 is 11.9 Å². The maximum absolute atomic E-state index is 12.3. The van der Waals surface area contributed by atoms with Crippen LogP contribution in [0.5, 0.6) is 0 Å². The quantitative estimate of drug-likeness (QED) is 0.588. The molecule has 6 atom stereocenters. The maximum atomic E-state index is 12.3. The standard InChI is InChI=1S/C16H22O7/c1-16(2)22-7-10(23-16)13(17)9-5-4-8-6-21-15(19)11(8)12(9)14(18)20-3/h4-5,8-13,17H,6-7H2,1-3H3/t8-,9-,10+,11-,12+,13-/m0/s1. The molecule has 0 unspecified atom stereocenters. The number of rotatable bonds is 3. The number of fused-ring (bicyclic) bond motifs is 1. The van der Waals surface area contributed by atoms with E-state index in [0.29, 0.717) is 0 Å². The second-order valence-electron chi connectivity index (χ2n) is 6.69. The number of hydrogen-bond acceptors (Lipinski definition) is 7. The summed E-state index contributed by atoms with van der Waals surface area (Å²) in [5.74, 6) is -3.88. The zero-order valence-corrected chi connectivity index (χ0v) is 13.4. The number of esters is 2. The van der Waals surface area contributed by atoms with Crippen LogP contribution in [0.2, 0.25) is 0 Å². The minimum absolute atomic E-state index is 0.160. The summed E-state index contributed by atoms with van der Waals surface area (Å²) in [6, 6.07) is 0. The third-order valence-electron chi connectivity index (χ3n) is 4.81. The molecule has 2 heterocycles. The number of cyclic esters (lactones) is 1. The molecule has 1 N–H and O–H groups in total. The van der Waals surface area contributed by atoms with E-state index in [1.807, 2.05) is 6.08 Å². The number of carbonyl (C=O) groups excluding carboxylic acids is 2. The summed E-state index contributed by atoms with van der Waals surface area (Å²) in [7, 11) is 1.28. The third kappa shape index (κ3) is 2.88. The number of carbonyl (C=O) groups is 2. The molecule has 2 saturated heterocycles. The minimum atomic E-state index is -0.980. The van der Waals surface area contributed by atoms with Gasteiger partial charge in [-0.25, -0.2) is 0 Å². The van der Waals surface area contributed by atoms with Gasteiger partial charge in [0.1, 0.15) is 6.10 Å². The van der Waals surface area contributed by atoms with Gasteiger partial charge in [-0.2, -0.15) is 0 Å². The first-order chi connectivity index (χ1) is 10.8. The fourth-order valence-corrected chi connectivity index (χ4v) is 3.67. The summed E-state index contributed by atoms with van der Waals surface area (Å²) in [6.07, 6.45) is 2.06. The van der Waals surface area contributed by atoms with Gasteiger partial charge in [-0.15, -0.1) is 0 Å². The molecule has 128 valence electrons. The highest BCUT2D eigenvalue weighted by Crippen LogP contribution is 2.42. The van der Waals surface area contributed by atoms with Crippen molar-refractivity contribution in [2.75, 3.05) is 20.3 Å². The molecule has 23 heavy (non-hydrogen) atoms. The Morgan fingerprint density at radius 3 is 2.74 bits per heavy atom. The Bertz CT molecular complexity index is 527. The Kier molecular flexibility index (Phi) is 4.20. The molecule has 7 heteroatoms. The smallest absolute Gasteiger partial charge is 0.310 e. The van der Waals surface area contributed by atoms with Crippen LogP contribution in [0.25, 0.3) is 0 Å². The van der Waals surface area contributed by atoms with Gasteiger partial charge in [0.25, 0.3) is 0 Å². The molecule has 0 aromatic heterocycles. The zero-order valence-electron chi connectivity index (χ0n) is 13.4. The molecule has 0 spiro atoms. The zero-order chi connectivity index (χ0) is 16.8. The highest BCUT2D eigenvalue weighted by atomic mass is 16.7. The van der Waals surface area contributed by atoms with Crippen LogP contribution in [-0.4, -0.2) is 55.4 Å². The fraction of sp³-hybridized carbons (Fsp3) is 0.750. The molecule has 0 aromatic carbocycles. The Morgan fingerprint density at radius 2 is 2.13 bits per heavy atom. The van der Waals surface area contributed by atoms with Crippen LogP contribution in [0.3, 0.4) is 0 Å². The van der Waals surface area contributed by atoms with Crippen molar-refractivity contribution < 1.29 is 33.6 Å². The van der Waals surface area contributed by atoms with Gasteiger partial charge in [0, 0.05) is 11.8 Å². The van der Waals surface area contributed by atoms with Crippen molar-refractivity contribution in [2.45, 2.75) is 31.8 Å². The fourth-order valence-electron chi connectivity index (χ4n) is 3.67. The van der Waals surface area contributed by atoms with Crippen molar-refractivity contribution in [3.8, 4) is 0 Å². The third-order valence-corrected chi connectivity index (χ3v) is 4.81. The topological polar surface area (TPSA) is 91.3 Å². The van der Waals surface area contributed by atoms with Crippen LogP contribution in [0.4, 0.5) is 0 Å². The molecule has 1 aliphatic carbocycles. The predicted molar refractivity (Wildman–Crippen MR) is 77.0 cm³/mol. The van der Waals surface area contributed by atoms with Crippen molar-refractivity contribution in [1.82, 2.24) is 0 Å². The number of aliphatic hydroxyl groups excluding tert-OH is 1. The van der Waals surface area contributed by atoms with Gasteiger partial charge < -0.3 is 24.1 Å². The van der Waals surface area contributed by atoms with E-state index in [2.05, 4.69) is 0 Å². The average molecular weight is 326 g/mol. The first kappa shape index (κ1) is 16.4. The first-order valence-corrected chi connectivity index (χ1v) is 7.76. The molecule has 2 fully saturated rings. The first-order valence-electron chi connectivity index (χ1n) is 7.76. The van der Waals surface area contributed by atoms with Crippen LogP contribution in [0, 0.1) is 23.7 Å². The summed E-state index contributed by atoms with van der Waals surface area (Å²) in [5, 5.41) is 10.7. The van der Waals surface area contributed by atoms with Crippen LogP contribution in [0.15, 0.2) is 12.2 Å². The lowest BCUT2D eigenvalue weighted by atomic mass is 9.69. The largest absolute Gasteiger partial charge is 0.469 e. The van der Waals surface area contributed by atoms with Gasteiger partial charge in [-0.05, 0) is 13.8 Å². The molecule has 0 aromatic rings. The number of hydrogen-bond donors (Lipinski definition) is 1. The SMILES string of the molecule is COC(=O)[C@@H]1[C@@H]([C@H](O)[C@H]2COC(C)(C)O2)C=C[C@H]2COC(=O)[C@H]12. The van der Waals surface area contributed by atoms with Crippen molar-refractivity contribution in [3.63, 3.8) is 0 Å². The number of aliphatic hydroxyl groups is 1. The van der Waals surface area contributed by atoms with E-state index < -0.39 is 47.7 Å². The summed E-state index contributed by atoms with van der Waals surface area (Å²) in [6.45, 7) is 4.01. The lowest BCUT2D eigenvalue weighted by Gasteiger charge is -2.36. The normalized spacial score (nSPS) is 39.7. The van der Waals surface area contributed by atoms with E-state index in [0.717, 1.165) is 0 Å². The monoisotopic (exact) mass is 326 g/mol. The van der Waals surface area contributed by atoms with E-state index in [4.69, 9.17) is 18.9 Å². The predicted octanol–water partition coefficient (Wildman–Crippen LogP) is 0.263. The lowest BCUT2D eigenvalue weighted by Crippen LogP contribution is -2.47. The molecule has 0 radical (unpaired) electrons. The maximum Gasteiger partial charge on any atom is 0.310 e. The molecule has 0 amide bonds. The molecule has 2 aliphatic heterocycles. The summed E-state index contributed by atoms with van der Waals surface area (Å²) in [4.78, 5) is 24.3. The summed E-state index contributed by atoms with van der Waals surface area (Å²) in [5.41, 5.74) is 0. The Morgan fingerprint density at radius 1 is 1.39 bits per heavy atom. The minimum Gasteiger partial charge on any atom is -0.469 e. The Labute approximate surface area is 134 Å². The molecule has 3 rings (SSSR count). The molecule has 3 aliphatic rings. The highest BCUT2D eigenvalue weighted by molar-refractivity contribution is 5.84. The second-order valence-corrected chi connectivity index (χ2v) is 6.69. The van der Waals surface area contributed by atoms with Crippen molar-refractivity contribution >= 4 is 11.9 Å². The molecule has 7 nitrogen and oxygen atoms in total. The van der Waals surface area contributed by atoms with Gasteiger partial charge in [0.15, 0.2) is 5.79 Å². The van der Waals surface area contributed by atoms with E-state index in [9.17, 15) is 14.7 Å². The Hall–Kier alpha value is -1.44. The second kappa shape index (κ2) is 5.89. The van der Waals surface area contributed by atoms with Crippen molar-refractivity contribution in [2.24, 2.45) is 23.7 Å². The summed E-state index contributed by atoms with van der Waals surface area (Å²) < 4.78 is 21.1. The van der Waals surface area contributed by atoms with E-state index in [1.54, 1.807) is 19.9 Å². The molecular formula is C16H22O7. The summed E-state index contributed by atoms with van der Waals surface area (Å²) >= 11 is 0. The van der Waals surface area contributed by atoms with Crippen LogP contribution in [0.1, 0.15) is 13.8 Å². The van der Waals surface area contributed by atoms with Gasteiger partial charge in [-0.3, -0.25) is 9.59 Å². The Balaban J connectivity index is 1.86. The van der Waals surface area contributed by atoms with E-state index in [-0.39, 0.29) is 19.1 Å². The van der Waals surface area contributed by atoms with Crippen LogP contribution >= 0.6 is 0 Å². The van der Waals surface area contributed by atoms with Gasteiger partial charge in [-0.1, -0.05) is 12.2 Å². The van der Waals surface area contributed by atoms with Crippen molar-refractivity contribution in [1.29, 1.82) is 0 Å². The van der Waals surface area contributed by atoms with Gasteiger partial charge in [0.05, 0.1) is 38.3 Å². The lowest BCUT2D eigenvalue weighted by molar-refractivity contribution is -0.166. The number of ether oxygens (including phenoxy) is 4. The molecule has 0 bridgehead atoms.